The molecule has 7 nitrogen and oxygen atoms in total. The molecule has 0 radical (unpaired) electrons. The lowest BCUT2D eigenvalue weighted by molar-refractivity contribution is -0.136. The average molecular weight is 336 g/mol. The van der Waals surface area contributed by atoms with Gasteiger partial charge in [-0.15, -0.1) is 0 Å². The number of hydrogen-bond donors (Lipinski definition) is 1. The SMILES string of the molecule is CCOC(=O)C1=NN[C@@H]2C(=O)N(c3cccc(Cl)c3C)C(=O)[C@H]12. The van der Waals surface area contributed by atoms with Crippen molar-refractivity contribution in [1.29, 1.82) is 0 Å². The normalized spacial score (nSPS) is 22.7. The highest BCUT2D eigenvalue weighted by molar-refractivity contribution is 6.46. The van der Waals surface area contributed by atoms with Gasteiger partial charge in [0.1, 0.15) is 12.0 Å². The molecule has 0 aromatic heterocycles. The van der Waals surface area contributed by atoms with Crippen molar-refractivity contribution in [2.45, 2.75) is 19.9 Å². The molecule has 0 unspecified atom stereocenters. The fourth-order valence-corrected chi connectivity index (χ4v) is 2.91. The summed E-state index contributed by atoms with van der Waals surface area (Å²) in [4.78, 5) is 38.2. The molecule has 3 rings (SSSR count). The quantitative estimate of drug-likeness (QED) is 0.658. The maximum absolute atomic E-state index is 12.7. The second kappa shape index (κ2) is 5.66. The van der Waals surface area contributed by atoms with Crippen LogP contribution in [0, 0.1) is 12.8 Å². The molecule has 23 heavy (non-hydrogen) atoms. The standard InChI is InChI=1S/C15H14ClN3O4/c1-3-23-15(22)12-10-11(17-18-12)14(21)19(13(10)20)9-6-4-5-8(16)7(9)2/h4-6,10-11,17H,3H2,1-2H3/t10-,11-/m0/s1. The van der Waals surface area contributed by atoms with Crippen LogP contribution in [0.25, 0.3) is 0 Å². The molecule has 1 aromatic rings. The molecule has 0 bridgehead atoms. The molecular formula is C15H14ClN3O4. The van der Waals surface area contributed by atoms with E-state index in [-0.39, 0.29) is 12.3 Å². The predicted octanol–water partition coefficient (Wildman–Crippen LogP) is 1.03. The van der Waals surface area contributed by atoms with Gasteiger partial charge in [0.05, 0.1) is 12.3 Å². The summed E-state index contributed by atoms with van der Waals surface area (Å²) < 4.78 is 4.89. The van der Waals surface area contributed by atoms with Crippen molar-refractivity contribution >= 4 is 40.8 Å². The third kappa shape index (κ3) is 2.28. The van der Waals surface area contributed by atoms with Crippen molar-refractivity contribution in [1.82, 2.24) is 5.43 Å². The summed E-state index contributed by atoms with van der Waals surface area (Å²) >= 11 is 6.07. The summed E-state index contributed by atoms with van der Waals surface area (Å²) in [6.45, 7) is 3.54. The third-order valence-electron chi connectivity index (χ3n) is 3.89. The second-order valence-electron chi connectivity index (χ2n) is 5.20. The number of carbonyl (C=O) groups excluding carboxylic acids is 3. The van der Waals surface area contributed by atoms with E-state index in [0.29, 0.717) is 16.3 Å². The largest absolute Gasteiger partial charge is 0.461 e. The smallest absolute Gasteiger partial charge is 0.355 e. The molecule has 2 aliphatic heterocycles. The third-order valence-corrected chi connectivity index (χ3v) is 4.30. The Morgan fingerprint density at radius 3 is 2.83 bits per heavy atom. The maximum Gasteiger partial charge on any atom is 0.355 e. The summed E-state index contributed by atoms with van der Waals surface area (Å²) in [5.41, 5.74) is 3.52. The number of esters is 1. The average Bonchev–Trinajstić information content (AvgIpc) is 3.05. The summed E-state index contributed by atoms with van der Waals surface area (Å²) in [7, 11) is 0. The van der Waals surface area contributed by atoms with E-state index in [1.807, 2.05) is 0 Å². The number of hydrazone groups is 1. The van der Waals surface area contributed by atoms with E-state index >= 15 is 0 Å². The van der Waals surface area contributed by atoms with Gasteiger partial charge in [0.25, 0.3) is 5.91 Å². The van der Waals surface area contributed by atoms with Gasteiger partial charge in [-0.1, -0.05) is 17.7 Å². The molecule has 2 amide bonds. The minimum absolute atomic E-state index is 0.0719. The van der Waals surface area contributed by atoms with E-state index in [2.05, 4.69) is 10.5 Å². The van der Waals surface area contributed by atoms with Crippen LogP contribution in [0.5, 0.6) is 0 Å². The number of hydrogen-bond acceptors (Lipinski definition) is 6. The van der Waals surface area contributed by atoms with Crippen molar-refractivity contribution in [2.24, 2.45) is 11.0 Å². The Hall–Kier alpha value is -2.41. The molecule has 0 spiro atoms. The summed E-state index contributed by atoms with van der Waals surface area (Å²) in [5.74, 6) is -2.64. The molecule has 1 saturated heterocycles. The van der Waals surface area contributed by atoms with Crippen LogP contribution < -0.4 is 10.3 Å². The van der Waals surface area contributed by atoms with Gasteiger partial charge < -0.3 is 4.74 Å². The number of rotatable bonds is 3. The second-order valence-corrected chi connectivity index (χ2v) is 5.61. The Kier molecular flexibility index (Phi) is 3.81. The van der Waals surface area contributed by atoms with E-state index in [0.717, 1.165) is 4.90 Å². The number of ether oxygens (including phenoxy) is 1. The molecule has 120 valence electrons. The van der Waals surface area contributed by atoms with Crippen LogP contribution in [-0.2, 0) is 19.1 Å². The number of anilines is 1. The molecule has 1 fully saturated rings. The van der Waals surface area contributed by atoms with Crippen molar-refractivity contribution < 1.29 is 19.1 Å². The lowest BCUT2D eigenvalue weighted by Crippen LogP contribution is -2.36. The van der Waals surface area contributed by atoms with Crippen LogP contribution in [0.4, 0.5) is 5.69 Å². The Labute approximate surface area is 137 Å². The van der Waals surface area contributed by atoms with E-state index in [1.54, 1.807) is 32.0 Å². The molecule has 1 aromatic carbocycles. The fourth-order valence-electron chi connectivity index (χ4n) is 2.74. The van der Waals surface area contributed by atoms with Crippen molar-refractivity contribution in [3.8, 4) is 0 Å². The van der Waals surface area contributed by atoms with Crippen molar-refractivity contribution in [3.05, 3.63) is 28.8 Å². The van der Waals surface area contributed by atoms with Crippen molar-refractivity contribution in [3.63, 3.8) is 0 Å². The molecule has 2 heterocycles. The number of halogens is 1. The first-order valence-electron chi connectivity index (χ1n) is 7.10. The van der Waals surface area contributed by atoms with Crippen LogP contribution in [0.1, 0.15) is 12.5 Å². The molecule has 1 N–H and O–H groups in total. The molecule has 2 atom stereocenters. The molecule has 0 aliphatic carbocycles. The first-order valence-corrected chi connectivity index (χ1v) is 7.48. The van der Waals surface area contributed by atoms with Gasteiger partial charge in [-0.25, -0.2) is 9.69 Å². The van der Waals surface area contributed by atoms with Gasteiger partial charge in [0.15, 0.2) is 5.71 Å². The highest BCUT2D eigenvalue weighted by atomic mass is 35.5. The van der Waals surface area contributed by atoms with Gasteiger partial charge in [0, 0.05) is 5.02 Å². The van der Waals surface area contributed by atoms with Crippen LogP contribution in [0.3, 0.4) is 0 Å². The monoisotopic (exact) mass is 335 g/mol. The molecule has 8 heteroatoms. The molecule has 0 saturated carbocycles. The highest BCUT2D eigenvalue weighted by Crippen LogP contribution is 2.34. The zero-order chi connectivity index (χ0) is 16.7. The van der Waals surface area contributed by atoms with E-state index in [1.165, 1.54) is 0 Å². The van der Waals surface area contributed by atoms with Crippen LogP contribution in [0.2, 0.25) is 5.02 Å². The lowest BCUT2D eigenvalue weighted by Gasteiger charge is -2.18. The Balaban J connectivity index is 1.97. The van der Waals surface area contributed by atoms with Gasteiger partial charge in [-0.2, -0.15) is 5.10 Å². The van der Waals surface area contributed by atoms with E-state index in [9.17, 15) is 14.4 Å². The lowest BCUT2D eigenvalue weighted by atomic mass is 9.99. The first kappa shape index (κ1) is 15.5. The number of imide groups is 1. The summed E-state index contributed by atoms with van der Waals surface area (Å²) in [6, 6.07) is 4.09. The van der Waals surface area contributed by atoms with E-state index in [4.69, 9.17) is 16.3 Å². The maximum atomic E-state index is 12.7. The van der Waals surface area contributed by atoms with Crippen LogP contribution >= 0.6 is 11.6 Å². The number of carbonyl (C=O) groups is 3. The van der Waals surface area contributed by atoms with Gasteiger partial charge in [-0.05, 0) is 31.5 Å². The molecular weight excluding hydrogens is 322 g/mol. The van der Waals surface area contributed by atoms with Gasteiger partial charge >= 0.3 is 5.97 Å². The number of fused-ring (bicyclic) bond motifs is 1. The van der Waals surface area contributed by atoms with Gasteiger partial charge in [-0.3, -0.25) is 15.0 Å². The minimum Gasteiger partial charge on any atom is -0.461 e. The Morgan fingerprint density at radius 1 is 1.39 bits per heavy atom. The zero-order valence-electron chi connectivity index (χ0n) is 12.5. The highest BCUT2D eigenvalue weighted by Gasteiger charge is 2.56. The van der Waals surface area contributed by atoms with Gasteiger partial charge in [0.2, 0.25) is 5.91 Å². The minimum atomic E-state index is -0.972. The number of amides is 2. The predicted molar refractivity (Wildman–Crippen MR) is 83.2 cm³/mol. The number of nitrogens with one attached hydrogen (secondary N) is 1. The number of benzene rings is 1. The van der Waals surface area contributed by atoms with Crippen molar-refractivity contribution in [2.75, 3.05) is 11.5 Å². The fraction of sp³-hybridized carbons (Fsp3) is 0.333. The Morgan fingerprint density at radius 2 is 2.13 bits per heavy atom. The number of nitrogens with zero attached hydrogens (tertiary/aromatic N) is 2. The van der Waals surface area contributed by atoms with Crippen LogP contribution in [0.15, 0.2) is 23.3 Å². The summed E-state index contributed by atoms with van der Waals surface area (Å²) in [6.07, 6.45) is 0. The first-order chi connectivity index (χ1) is 11.0. The topological polar surface area (TPSA) is 88.1 Å². The van der Waals surface area contributed by atoms with E-state index < -0.39 is 29.7 Å². The zero-order valence-corrected chi connectivity index (χ0v) is 13.3. The Bertz CT molecular complexity index is 746. The summed E-state index contributed by atoms with van der Waals surface area (Å²) in [5, 5.41) is 4.26. The van der Waals surface area contributed by atoms with Crippen LogP contribution in [-0.4, -0.2) is 36.1 Å². The molecule has 2 aliphatic rings.